The van der Waals surface area contributed by atoms with Gasteiger partial charge in [0.25, 0.3) is 15.9 Å². The second kappa shape index (κ2) is 8.06. The molecular formula is C22H21ClN2O3S2. The quantitative estimate of drug-likeness (QED) is 0.551. The summed E-state index contributed by atoms with van der Waals surface area (Å²) in [5, 5.41) is 2.50. The monoisotopic (exact) mass is 460 g/mol. The van der Waals surface area contributed by atoms with Crippen LogP contribution in [0.15, 0.2) is 64.9 Å². The third kappa shape index (κ3) is 3.73. The van der Waals surface area contributed by atoms with Crippen LogP contribution in [0.2, 0.25) is 5.02 Å². The van der Waals surface area contributed by atoms with Crippen molar-refractivity contribution in [2.75, 3.05) is 17.9 Å². The lowest BCUT2D eigenvalue weighted by molar-refractivity contribution is 0.0679. The third-order valence-electron chi connectivity index (χ3n) is 5.45. The maximum atomic E-state index is 13.2. The van der Waals surface area contributed by atoms with Crippen molar-refractivity contribution in [1.82, 2.24) is 4.90 Å². The van der Waals surface area contributed by atoms with Crippen molar-refractivity contribution in [3.8, 4) is 0 Å². The summed E-state index contributed by atoms with van der Waals surface area (Å²) in [7, 11) is -2.37. The topological polar surface area (TPSA) is 57.7 Å². The first-order valence-electron chi connectivity index (χ1n) is 9.51. The van der Waals surface area contributed by atoms with Crippen LogP contribution in [0.4, 0.5) is 5.69 Å². The molecule has 1 aromatic heterocycles. The Bertz CT molecular complexity index is 1210. The summed E-state index contributed by atoms with van der Waals surface area (Å²) >= 11 is 7.72. The Morgan fingerprint density at radius 3 is 2.70 bits per heavy atom. The maximum absolute atomic E-state index is 13.2. The molecule has 0 radical (unpaired) electrons. The molecule has 8 heteroatoms. The van der Waals surface area contributed by atoms with Crippen LogP contribution >= 0.6 is 22.9 Å². The molecule has 30 heavy (non-hydrogen) atoms. The molecule has 0 saturated carbocycles. The van der Waals surface area contributed by atoms with Crippen molar-refractivity contribution >= 4 is 44.6 Å². The van der Waals surface area contributed by atoms with E-state index in [1.54, 1.807) is 47.7 Å². The maximum Gasteiger partial charge on any atom is 0.264 e. The molecule has 0 spiro atoms. The van der Waals surface area contributed by atoms with Gasteiger partial charge >= 0.3 is 0 Å². The van der Waals surface area contributed by atoms with Gasteiger partial charge in [0.2, 0.25) is 0 Å². The number of hydrogen-bond donors (Lipinski definition) is 0. The highest BCUT2D eigenvalue weighted by atomic mass is 35.5. The number of carbonyl (C=O) groups is 1. The molecule has 0 fully saturated rings. The van der Waals surface area contributed by atoms with Crippen LogP contribution in [0.25, 0.3) is 0 Å². The fourth-order valence-electron chi connectivity index (χ4n) is 3.71. The van der Waals surface area contributed by atoms with Gasteiger partial charge in [-0.2, -0.15) is 0 Å². The van der Waals surface area contributed by atoms with Crippen LogP contribution in [0.1, 0.15) is 33.8 Å². The Hall–Kier alpha value is -2.35. The smallest absolute Gasteiger partial charge is 0.264 e. The molecule has 1 amide bonds. The molecule has 156 valence electrons. The minimum absolute atomic E-state index is 0.0399. The van der Waals surface area contributed by atoms with Crippen molar-refractivity contribution in [2.24, 2.45) is 0 Å². The van der Waals surface area contributed by atoms with Crippen LogP contribution in [-0.4, -0.2) is 32.8 Å². The van der Waals surface area contributed by atoms with Gasteiger partial charge in [0.1, 0.15) is 0 Å². The molecule has 0 saturated heterocycles. The normalized spacial score (nSPS) is 16.2. The zero-order valence-corrected chi connectivity index (χ0v) is 19.0. The standard InChI is InChI=1S/C22H21ClN2O3S2/c1-15-20-10-12-29-21(20)9-11-25(15)22(26)16-5-3-8-19(13-16)30(27,28)24(2)18-7-4-6-17(23)14-18/h3-8,10,12-15H,9,11H2,1-2H3/t15-/m0/s1. The van der Waals surface area contributed by atoms with Gasteiger partial charge in [-0.1, -0.05) is 23.7 Å². The summed E-state index contributed by atoms with van der Waals surface area (Å²) in [6.45, 7) is 2.63. The first-order chi connectivity index (χ1) is 14.3. The predicted octanol–water partition coefficient (Wildman–Crippen LogP) is 4.99. The van der Waals surface area contributed by atoms with Crippen molar-refractivity contribution in [2.45, 2.75) is 24.3 Å². The number of fused-ring (bicyclic) bond motifs is 1. The molecule has 2 aromatic carbocycles. The lowest BCUT2D eigenvalue weighted by atomic mass is 10.0. The summed E-state index contributed by atoms with van der Waals surface area (Å²) in [4.78, 5) is 16.4. The lowest BCUT2D eigenvalue weighted by Gasteiger charge is -2.33. The number of rotatable bonds is 4. The van der Waals surface area contributed by atoms with Crippen LogP contribution in [0, 0.1) is 0 Å². The molecular weight excluding hydrogens is 440 g/mol. The molecule has 0 aliphatic carbocycles. The largest absolute Gasteiger partial charge is 0.331 e. The van der Waals surface area contributed by atoms with Gasteiger partial charge in [0.15, 0.2) is 0 Å². The van der Waals surface area contributed by atoms with Gasteiger partial charge in [-0.25, -0.2) is 8.42 Å². The summed E-state index contributed by atoms with van der Waals surface area (Å²) < 4.78 is 27.5. The number of sulfonamides is 1. The number of thiophene rings is 1. The lowest BCUT2D eigenvalue weighted by Crippen LogP contribution is -2.38. The van der Waals surface area contributed by atoms with Gasteiger partial charge in [0, 0.05) is 29.1 Å². The number of hydrogen-bond acceptors (Lipinski definition) is 4. The number of amides is 1. The number of halogens is 1. The zero-order chi connectivity index (χ0) is 21.5. The molecule has 1 aliphatic heterocycles. The first-order valence-corrected chi connectivity index (χ1v) is 12.2. The second-order valence-electron chi connectivity index (χ2n) is 7.20. The molecule has 0 unspecified atom stereocenters. The van der Waals surface area contributed by atoms with Crippen molar-refractivity contribution < 1.29 is 13.2 Å². The van der Waals surface area contributed by atoms with Crippen molar-refractivity contribution in [3.05, 3.63) is 81.0 Å². The molecule has 0 bridgehead atoms. The van der Waals surface area contributed by atoms with Gasteiger partial charge in [0.05, 0.1) is 16.6 Å². The van der Waals surface area contributed by atoms with E-state index in [-0.39, 0.29) is 16.8 Å². The Kier molecular flexibility index (Phi) is 5.61. The van der Waals surface area contributed by atoms with E-state index in [1.807, 2.05) is 17.2 Å². The van der Waals surface area contributed by atoms with E-state index in [4.69, 9.17) is 11.6 Å². The molecule has 1 atom stereocenters. The molecule has 5 nitrogen and oxygen atoms in total. The zero-order valence-electron chi connectivity index (χ0n) is 16.6. The van der Waals surface area contributed by atoms with Crippen LogP contribution in [0.5, 0.6) is 0 Å². The number of nitrogens with zero attached hydrogens (tertiary/aromatic N) is 2. The predicted molar refractivity (Wildman–Crippen MR) is 121 cm³/mol. The van der Waals surface area contributed by atoms with E-state index < -0.39 is 10.0 Å². The van der Waals surface area contributed by atoms with E-state index in [9.17, 15) is 13.2 Å². The van der Waals surface area contributed by atoms with E-state index in [0.29, 0.717) is 22.8 Å². The van der Waals surface area contributed by atoms with Gasteiger partial charge in [-0.05, 0) is 66.8 Å². The average molecular weight is 461 g/mol. The summed E-state index contributed by atoms with van der Waals surface area (Å²) in [6, 6.07) is 14.9. The fraction of sp³-hybridized carbons (Fsp3) is 0.227. The van der Waals surface area contributed by atoms with Crippen LogP contribution in [0.3, 0.4) is 0 Å². The van der Waals surface area contributed by atoms with Crippen LogP contribution < -0.4 is 4.31 Å². The molecule has 1 aliphatic rings. The Morgan fingerprint density at radius 2 is 1.93 bits per heavy atom. The number of anilines is 1. The van der Waals surface area contributed by atoms with Crippen LogP contribution in [-0.2, 0) is 16.4 Å². The van der Waals surface area contributed by atoms with Gasteiger partial charge in [-0.15, -0.1) is 11.3 Å². The van der Waals surface area contributed by atoms with E-state index in [0.717, 1.165) is 6.42 Å². The van der Waals surface area contributed by atoms with E-state index in [1.165, 1.54) is 33.9 Å². The second-order valence-corrected chi connectivity index (χ2v) is 10.6. The third-order valence-corrected chi connectivity index (χ3v) is 8.46. The average Bonchev–Trinajstić information content (AvgIpc) is 3.23. The summed E-state index contributed by atoms with van der Waals surface area (Å²) in [6.07, 6.45) is 0.818. The highest BCUT2D eigenvalue weighted by molar-refractivity contribution is 7.92. The Balaban J connectivity index is 1.63. The highest BCUT2D eigenvalue weighted by Crippen LogP contribution is 2.34. The van der Waals surface area contributed by atoms with Gasteiger partial charge < -0.3 is 4.90 Å². The highest BCUT2D eigenvalue weighted by Gasteiger charge is 2.30. The Labute approximate surface area is 185 Å². The van der Waals surface area contributed by atoms with Gasteiger partial charge in [-0.3, -0.25) is 9.10 Å². The number of benzene rings is 2. The first kappa shape index (κ1) is 20.9. The summed E-state index contributed by atoms with van der Waals surface area (Å²) in [5.74, 6) is -0.165. The molecule has 2 heterocycles. The SMILES string of the molecule is C[C@H]1c2ccsc2CCN1C(=O)c1cccc(S(=O)(=O)N(C)c2cccc(Cl)c2)c1. The van der Waals surface area contributed by atoms with Crippen molar-refractivity contribution in [1.29, 1.82) is 0 Å². The summed E-state index contributed by atoms with van der Waals surface area (Å²) in [5.41, 5.74) is 1.99. The Morgan fingerprint density at radius 1 is 1.17 bits per heavy atom. The minimum atomic E-state index is -3.84. The molecule has 4 rings (SSSR count). The minimum Gasteiger partial charge on any atom is -0.331 e. The molecule has 3 aromatic rings. The van der Waals surface area contributed by atoms with E-state index in [2.05, 4.69) is 6.07 Å². The fourth-order valence-corrected chi connectivity index (χ4v) is 6.09. The number of carbonyl (C=O) groups excluding carboxylic acids is 1. The van der Waals surface area contributed by atoms with Crippen molar-refractivity contribution in [3.63, 3.8) is 0 Å². The van der Waals surface area contributed by atoms with E-state index >= 15 is 0 Å². The molecule has 0 N–H and O–H groups in total.